The molecule has 6 nitrogen and oxygen atoms in total. The summed E-state index contributed by atoms with van der Waals surface area (Å²) in [7, 11) is 0. The summed E-state index contributed by atoms with van der Waals surface area (Å²) in [4.78, 5) is 22.1. The Kier molecular flexibility index (Phi) is 4.17. The number of allylic oxidation sites excluding steroid dienone is 2. The van der Waals surface area contributed by atoms with E-state index in [1.54, 1.807) is 12.4 Å². The maximum atomic E-state index is 13.2. The number of carbonyl (C=O) groups excluding carboxylic acids is 1. The standard InChI is InChI=1S/C22H20BrN5O/c1-22(2)10-16-18(17(29)11-22)19(13-5-7-15(23)8-6-13)28-21(25-16)26-20(27-28)14-4-3-9-24-12-14/h3-9,12,19H,10-11H2,1-2H3,(H,25,26,27). The van der Waals surface area contributed by atoms with Gasteiger partial charge in [0.1, 0.15) is 6.04 Å². The summed E-state index contributed by atoms with van der Waals surface area (Å²) in [5.74, 6) is 1.41. The highest BCUT2D eigenvalue weighted by molar-refractivity contribution is 9.10. The Labute approximate surface area is 177 Å². The van der Waals surface area contributed by atoms with E-state index in [-0.39, 0.29) is 17.2 Å². The van der Waals surface area contributed by atoms with Crippen molar-refractivity contribution in [2.75, 3.05) is 5.32 Å². The molecule has 0 bridgehead atoms. The molecule has 2 aromatic heterocycles. The molecule has 2 aliphatic rings. The molecule has 1 aliphatic carbocycles. The molecule has 0 amide bonds. The van der Waals surface area contributed by atoms with Crippen LogP contribution in [-0.4, -0.2) is 25.5 Å². The highest BCUT2D eigenvalue weighted by Gasteiger charge is 2.41. The molecule has 7 heteroatoms. The predicted molar refractivity (Wildman–Crippen MR) is 114 cm³/mol. The number of ketones is 1. The van der Waals surface area contributed by atoms with Crippen LogP contribution in [0.1, 0.15) is 38.3 Å². The van der Waals surface area contributed by atoms with Gasteiger partial charge in [-0.2, -0.15) is 4.98 Å². The zero-order valence-corrected chi connectivity index (χ0v) is 17.8. The minimum atomic E-state index is -0.295. The van der Waals surface area contributed by atoms with E-state index in [4.69, 9.17) is 10.1 Å². The molecular formula is C22H20BrN5O. The fraction of sp³-hybridized carbons (Fsp3) is 0.273. The number of aromatic nitrogens is 4. The van der Waals surface area contributed by atoms with Gasteiger partial charge < -0.3 is 5.32 Å². The predicted octanol–water partition coefficient (Wildman–Crippen LogP) is 4.76. The molecular weight excluding hydrogens is 430 g/mol. The monoisotopic (exact) mass is 449 g/mol. The SMILES string of the molecule is CC1(C)CC(=O)C2=C(C1)Nc1nc(-c3cccnc3)nn1C2c1ccc(Br)cc1. The van der Waals surface area contributed by atoms with Crippen LogP contribution in [-0.2, 0) is 4.79 Å². The molecule has 29 heavy (non-hydrogen) atoms. The Morgan fingerprint density at radius 2 is 1.97 bits per heavy atom. The third kappa shape index (κ3) is 3.19. The van der Waals surface area contributed by atoms with E-state index in [1.165, 1.54) is 0 Å². The van der Waals surface area contributed by atoms with Gasteiger partial charge in [0.2, 0.25) is 5.95 Å². The summed E-state index contributed by atoms with van der Waals surface area (Å²) >= 11 is 3.50. The van der Waals surface area contributed by atoms with Crippen LogP contribution >= 0.6 is 15.9 Å². The van der Waals surface area contributed by atoms with Gasteiger partial charge in [0.15, 0.2) is 11.6 Å². The van der Waals surface area contributed by atoms with Crippen LogP contribution < -0.4 is 5.32 Å². The van der Waals surface area contributed by atoms with Crippen molar-refractivity contribution in [2.45, 2.75) is 32.7 Å². The van der Waals surface area contributed by atoms with Gasteiger partial charge in [-0.05, 0) is 41.7 Å². The van der Waals surface area contributed by atoms with Crippen molar-refractivity contribution in [3.05, 3.63) is 70.1 Å². The van der Waals surface area contributed by atoms with Gasteiger partial charge in [-0.25, -0.2) is 4.68 Å². The van der Waals surface area contributed by atoms with Crippen LogP contribution in [0.5, 0.6) is 0 Å². The van der Waals surface area contributed by atoms with Crippen molar-refractivity contribution in [2.24, 2.45) is 5.41 Å². The number of hydrogen-bond donors (Lipinski definition) is 1. The van der Waals surface area contributed by atoms with Crippen molar-refractivity contribution in [1.29, 1.82) is 0 Å². The second-order valence-electron chi connectivity index (χ2n) is 8.36. The number of rotatable bonds is 2. The molecule has 3 aromatic rings. The second kappa shape index (κ2) is 6.62. The minimum absolute atomic E-state index is 0.0818. The van der Waals surface area contributed by atoms with E-state index >= 15 is 0 Å². The maximum absolute atomic E-state index is 13.2. The lowest BCUT2D eigenvalue weighted by Crippen LogP contribution is -2.36. The average Bonchev–Trinajstić information content (AvgIpc) is 3.10. The molecule has 1 N–H and O–H groups in total. The molecule has 0 spiro atoms. The number of fused-ring (bicyclic) bond motifs is 1. The van der Waals surface area contributed by atoms with Gasteiger partial charge >= 0.3 is 0 Å². The van der Waals surface area contributed by atoms with Crippen molar-refractivity contribution < 1.29 is 4.79 Å². The van der Waals surface area contributed by atoms with Crippen LogP contribution in [0.2, 0.25) is 0 Å². The van der Waals surface area contributed by atoms with Crippen LogP contribution in [0.3, 0.4) is 0 Å². The summed E-state index contributed by atoms with van der Waals surface area (Å²) in [5.41, 5.74) is 3.52. The lowest BCUT2D eigenvalue weighted by Gasteiger charge is -2.38. The number of pyridine rings is 1. The van der Waals surface area contributed by atoms with Crippen molar-refractivity contribution in [3.8, 4) is 11.4 Å². The van der Waals surface area contributed by atoms with Crippen LogP contribution in [0.15, 0.2) is 64.5 Å². The molecule has 1 aromatic carbocycles. The van der Waals surface area contributed by atoms with Crippen LogP contribution in [0, 0.1) is 5.41 Å². The molecule has 1 aliphatic heterocycles. The van der Waals surface area contributed by atoms with E-state index < -0.39 is 0 Å². The minimum Gasteiger partial charge on any atom is -0.328 e. The number of nitrogens with one attached hydrogen (secondary N) is 1. The van der Waals surface area contributed by atoms with Crippen LogP contribution in [0.4, 0.5) is 5.95 Å². The van der Waals surface area contributed by atoms with Gasteiger partial charge in [-0.1, -0.05) is 41.9 Å². The molecule has 3 heterocycles. The quantitative estimate of drug-likeness (QED) is 0.610. The Balaban J connectivity index is 1.69. The van der Waals surface area contributed by atoms with E-state index in [1.807, 2.05) is 41.1 Å². The van der Waals surface area contributed by atoms with Crippen molar-refractivity contribution >= 4 is 27.7 Å². The smallest absolute Gasteiger partial charge is 0.226 e. The summed E-state index contributed by atoms with van der Waals surface area (Å²) in [5, 5.41) is 8.17. The molecule has 0 saturated heterocycles. The van der Waals surface area contributed by atoms with E-state index in [2.05, 4.69) is 40.1 Å². The molecule has 1 atom stereocenters. The third-order valence-electron chi connectivity index (χ3n) is 5.44. The van der Waals surface area contributed by atoms with Gasteiger partial charge in [-0.15, -0.1) is 5.10 Å². The molecule has 0 fully saturated rings. The molecule has 1 unspecified atom stereocenters. The Morgan fingerprint density at radius 1 is 1.17 bits per heavy atom. The number of Topliss-reactive ketones (excluding diaryl/α,β-unsaturated/α-hetero) is 1. The first-order valence-electron chi connectivity index (χ1n) is 9.57. The largest absolute Gasteiger partial charge is 0.328 e. The zero-order chi connectivity index (χ0) is 20.2. The number of carbonyl (C=O) groups is 1. The zero-order valence-electron chi connectivity index (χ0n) is 16.2. The molecule has 0 radical (unpaired) electrons. The summed E-state index contributed by atoms with van der Waals surface area (Å²) in [6.45, 7) is 4.26. The first-order valence-corrected chi connectivity index (χ1v) is 10.4. The lowest BCUT2D eigenvalue weighted by atomic mass is 9.73. The van der Waals surface area contributed by atoms with Crippen LogP contribution in [0.25, 0.3) is 11.4 Å². The molecule has 0 saturated carbocycles. The van der Waals surface area contributed by atoms with Gasteiger partial charge in [0, 0.05) is 40.1 Å². The Morgan fingerprint density at radius 3 is 2.69 bits per heavy atom. The summed E-state index contributed by atoms with van der Waals surface area (Å²) in [6, 6.07) is 11.6. The first kappa shape index (κ1) is 18.2. The van der Waals surface area contributed by atoms with Crippen molar-refractivity contribution in [1.82, 2.24) is 19.7 Å². The normalized spacial score (nSPS) is 20.1. The van der Waals surface area contributed by atoms with Crippen molar-refractivity contribution in [3.63, 3.8) is 0 Å². The number of halogens is 1. The first-order chi connectivity index (χ1) is 13.9. The Bertz CT molecular complexity index is 1130. The molecule has 5 rings (SSSR count). The maximum Gasteiger partial charge on any atom is 0.226 e. The highest BCUT2D eigenvalue weighted by Crippen LogP contribution is 2.45. The van der Waals surface area contributed by atoms with Gasteiger partial charge in [0.05, 0.1) is 0 Å². The van der Waals surface area contributed by atoms with Gasteiger partial charge in [-0.3, -0.25) is 9.78 Å². The topological polar surface area (TPSA) is 72.7 Å². The van der Waals surface area contributed by atoms with E-state index in [0.717, 1.165) is 33.3 Å². The summed E-state index contributed by atoms with van der Waals surface area (Å²) < 4.78 is 2.83. The number of anilines is 1. The average molecular weight is 450 g/mol. The number of benzene rings is 1. The molecule has 146 valence electrons. The number of hydrogen-bond acceptors (Lipinski definition) is 5. The fourth-order valence-electron chi connectivity index (χ4n) is 4.18. The summed E-state index contributed by atoms with van der Waals surface area (Å²) in [6.07, 6.45) is 4.80. The lowest BCUT2D eigenvalue weighted by molar-refractivity contribution is -0.118. The third-order valence-corrected chi connectivity index (χ3v) is 5.97. The second-order valence-corrected chi connectivity index (χ2v) is 9.27. The number of nitrogens with zero attached hydrogens (tertiary/aromatic N) is 4. The van der Waals surface area contributed by atoms with E-state index in [9.17, 15) is 4.79 Å². The van der Waals surface area contributed by atoms with E-state index in [0.29, 0.717) is 18.2 Å². The van der Waals surface area contributed by atoms with Gasteiger partial charge in [0.25, 0.3) is 0 Å². The highest BCUT2D eigenvalue weighted by atomic mass is 79.9. The fourth-order valence-corrected chi connectivity index (χ4v) is 4.44. The Hall–Kier alpha value is -2.80.